The molecule has 0 aromatic heterocycles. The van der Waals surface area contributed by atoms with Crippen molar-refractivity contribution in [2.45, 2.75) is 32.9 Å². The Bertz CT molecular complexity index is 342. The van der Waals surface area contributed by atoms with Gasteiger partial charge in [0.15, 0.2) is 0 Å². The van der Waals surface area contributed by atoms with Gasteiger partial charge in [-0.3, -0.25) is 0 Å². The maximum absolute atomic E-state index is 3.64. The van der Waals surface area contributed by atoms with Gasteiger partial charge in [0.25, 0.3) is 0 Å². The van der Waals surface area contributed by atoms with Crippen LogP contribution in [0.1, 0.15) is 29.7 Å². The van der Waals surface area contributed by atoms with Gasteiger partial charge in [0, 0.05) is 25.2 Å². The van der Waals surface area contributed by atoms with Crippen LogP contribution in [0.25, 0.3) is 0 Å². The van der Waals surface area contributed by atoms with E-state index < -0.39 is 0 Å². The monoisotopic (exact) mass is 204 g/mol. The molecule has 0 spiro atoms. The fourth-order valence-electron chi connectivity index (χ4n) is 2.08. The Labute approximate surface area is 92.1 Å². The summed E-state index contributed by atoms with van der Waals surface area (Å²) in [7, 11) is 0. The van der Waals surface area contributed by atoms with Crippen LogP contribution in [0.5, 0.6) is 0 Å². The maximum atomic E-state index is 3.64. The maximum Gasteiger partial charge on any atom is 0.0322 e. The van der Waals surface area contributed by atoms with Crippen molar-refractivity contribution in [3.05, 3.63) is 34.9 Å². The lowest BCUT2D eigenvalue weighted by molar-refractivity contribution is 0.338. The summed E-state index contributed by atoms with van der Waals surface area (Å²) in [6, 6.07) is 7.79. The minimum Gasteiger partial charge on any atom is -0.314 e. The third-order valence-corrected chi connectivity index (χ3v) is 3.17. The van der Waals surface area contributed by atoms with Gasteiger partial charge in [-0.05, 0) is 31.9 Å². The number of rotatable bonds is 3. The molecule has 2 rings (SSSR count). The Morgan fingerprint density at radius 2 is 2.07 bits per heavy atom. The summed E-state index contributed by atoms with van der Waals surface area (Å²) in [4.78, 5) is 0. The molecule has 2 heteroatoms. The summed E-state index contributed by atoms with van der Waals surface area (Å²) < 4.78 is 0. The third-order valence-electron chi connectivity index (χ3n) is 3.17. The molecule has 0 saturated carbocycles. The van der Waals surface area contributed by atoms with Crippen LogP contribution in [0, 0.1) is 13.8 Å². The second kappa shape index (κ2) is 4.33. The molecule has 1 aliphatic heterocycles. The molecule has 82 valence electrons. The summed E-state index contributed by atoms with van der Waals surface area (Å²) in [6.45, 7) is 8.80. The molecular weight excluding hydrogens is 184 g/mol. The Hall–Kier alpha value is -0.860. The lowest BCUT2D eigenvalue weighted by atomic mass is 9.99. The first-order valence-electron chi connectivity index (χ1n) is 5.71. The highest BCUT2D eigenvalue weighted by Crippen LogP contribution is 2.19. The van der Waals surface area contributed by atoms with Gasteiger partial charge in [-0.15, -0.1) is 0 Å². The van der Waals surface area contributed by atoms with Crippen LogP contribution >= 0.6 is 0 Å². The third kappa shape index (κ3) is 2.39. The number of hydrogen-bond donors (Lipinski definition) is 2. The molecule has 2 nitrogen and oxygen atoms in total. The Balaban J connectivity index is 2.09. The fourth-order valence-corrected chi connectivity index (χ4v) is 2.08. The van der Waals surface area contributed by atoms with Gasteiger partial charge in [0.1, 0.15) is 0 Å². The standard InChI is InChI=1S/C13H20N2/c1-9-4-5-10(2)13(6-9)11(3)15-12-7-14-8-12/h4-6,11-12,14-15H,7-8H2,1-3H3. The molecule has 0 amide bonds. The summed E-state index contributed by atoms with van der Waals surface area (Å²) in [5, 5.41) is 6.92. The largest absolute Gasteiger partial charge is 0.314 e. The van der Waals surface area contributed by atoms with E-state index in [0.29, 0.717) is 12.1 Å². The molecule has 1 saturated heterocycles. The van der Waals surface area contributed by atoms with Crippen LogP contribution in [-0.4, -0.2) is 19.1 Å². The highest BCUT2D eigenvalue weighted by atomic mass is 15.1. The van der Waals surface area contributed by atoms with Gasteiger partial charge in [0.2, 0.25) is 0 Å². The number of aryl methyl sites for hydroxylation is 2. The van der Waals surface area contributed by atoms with Crippen LogP contribution in [0.4, 0.5) is 0 Å². The molecule has 1 heterocycles. The average Bonchev–Trinajstić information content (AvgIpc) is 2.15. The van der Waals surface area contributed by atoms with Crippen molar-refractivity contribution in [3.63, 3.8) is 0 Å². The molecule has 0 bridgehead atoms. The van der Waals surface area contributed by atoms with E-state index in [1.54, 1.807) is 0 Å². The zero-order valence-electron chi connectivity index (χ0n) is 9.80. The normalized spacial score (nSPS) is 18.6. The van der Waals surface area contributed by atoms with Crippen molar-refractivity contribution in [2.75, 3.05) is 13.1 Å². The van der Waals surface area contributed by atoms with E-state index in [4.69, 9.17) is 0 Å². The second-order valence-electron chi connectivity index (χ2n) is 4.60. The summed E-state index contributed by atoms with van der Waals surface area (Å²) in [6.07, 6.45) is 0. The molecule has 1 atom stereocenters. The lowest BCUT2D eigenvalue weighted by Gasteiger charge is -2.32. The SMILES string of the molecule is Cc1ccc(C)c(C(C)NC2CNC2)c1. The summed E-state index contributed by atoms with van der Waals surface area (Å²) in [5.41, 5.74) is 4.16. The Morgan fingerprint density at radius 3 is 2.67 bits per heavy atom. The van der Waals surface area contributed by atoms with Gasteiger partial charge in [-0.25, -0.2) is 0 Å². The van der Waals surface area contributed by atoms with Crippen LogP contribution in [0.3, 0.4) is 0 Å². The first-order chi connectivity index (χ1) is 7.16. The highest BCUT2D eigenvalue weighted by molar-refractivity contribution is 5.32. The van der Waals surface area contributed by atoms with Crippen molar-refractivity contribution in [1.82, 2.24) is 10.6 Å². The number of benzene rings is 1. The molecule has 0 radical (unpaired) electrons. The second-order valence-corrected chi connectivity index (χ2v) is 4.60. The van der Waals surface area contributed by atoms with E-state index in [0.717, 1.165) is 13.1 Å². The highest BCUT2D eigenvalue weighted by Gasteiger charge is 2.19. The molecule has 1 aromatic rings. The number of nitrogens with one attached hydrogen (secondary N) is 2. The lowest BCUT2D eigenvalue weighted by Crippen LogP contribution is -2.55. The molecule has 1 aromatic carbocycles. The molecule has 1 fully saturated rings. The van der Waals surface area contributed by atoms with Gasteiger partial charge >= 0.3 is 0 Å². The molecule has 15 heavy (non-hydrogen) atoms. The van der Waals surface area contributed by atoms with Gasteiger partial charge in [0.05, 0.1) is 0 Å². The molecule has 0 aliphatic carbocycles. The topological polar surface area (TPSA) is 24.1 Å². The summed E-state index contributed by atoms with van der Waals surface area (Å²) in [5.74, 6) is 0. The van der Waals surface area contributed by atoms with E-state index in [9.17, 15) is 0 Å². The van der Waals surface area contributed by atoms with Crippen LogP contribution in [-0.2, 0) is 0 Å². The molecule has 2 N–H and O–H groups in total. The quantitative estimate of drug-likeness (QED) is 0.786. The summed E-state index contributed by atoms with van der Waals surface area (Å²) >= 11 is 0. The van der Waals surface area contributed by atoms with E-state index in [1.807, 2.05) is 0 Å². The first-order valence-corrected chi connectivity index (χ1v) is 5.71. The van der Waals surface area contributed by atoms with Gasteiger partial charge in [-0.1, -0.05) is 23.8 Å². The number of hydrogen-bond acceptors (Lipinski definition) is 2. The van der Waals surface area contributed by atoms with Crippen molar-refractivity contribution in [3.8, 4) is 0 Å². The minimum absolute atomic E-state index is 0.456. The van der Waals surface area contributed by atoms with Crippen molar-refractivity contribution >= 4 is 0 Å². The van der Waals surface area contributed by atoms with E-state index in [1.165, 1.54) is 16.7 Å². The molecule has 1 aliphatic rings. The van der Waals surface area contributed by atoms with Crippen LogP contribution in [0.2, 0.25) is 0 Å². The van der Waals surface area contributed by atoms with Crippen LogP contribution in [0.15, 0.2) is 18.2 Å². The molecular formula is C13H20N2. The van der Waals surface area contributed by atoms with Gasteiger partial charge < -0.3 is 10.6 Å². The zero-order chi connectivity index (χ0) is 10.8. The Kier molecular flexibility index (Phi) is 3.08. The fraction of sp³-hybridized carbons (Fsp3) is 0.538. The van der Waals surface area contributed by atoms with E-state index >= 15 is 0 Å². The van der Waals surface area contributed by atoms with Crippen LogP contribution < -0.4 is 10.6 Å². The van der Waals surface area contributed by atoms with E-state index in [-0.39, 0.29) is 0 Å². The predicted molar refractivity (Wildman–Crippen MR) is 64.1 cm³/mol. The van der Waals surface area contributed by atoms with Crippen molar-refractivity contribution in [2.24, 2.45) is 0 Å². The van der Waals surface area contributed by atoms with E-state index in [2.05, 4.69) is 49.6 Å². The Morgan fingerprint density at radius 1 is 1.33 bits per heavy atom. The predicted octanol–water partition coefficient (Wildman–Crippen LogP) is 1.93. The van der Waals surface area contributed by atoms with Gasteiger partial charge in [-0.2, -0.15) is 0 Å². The smallest absolute Gasteiger partial charge is 0.0322 e. The minimum atomic E-state index is 0.456. The zero-order valence-corrected chi connectivity index (χ0v) is 9.80. The average molecular weight is 204 g/mol. The van der Waals surface area contributed by atoms with Crippen molar-refractivity contribution < 1.29 is 0 Å². The van der Waals surface area contributed by atoms with Crippen molar-refractivity contribution in [1.29, 1.82) is 0 Å². The first kappa shape index (κ1) is 10.7. The molecule has 1 unspecified atom stereocenters.